The summed E-state index contributed by atoms with van der Waals surface area (Å²) in [6.45, 7) is 0. The molecule has 0 aliphatic heterocycles. The van der Waals surface area contributed by atoms with Crippen molar-refractivity contribution in [1.82, 2.24) is 9.55 Å². The first kappa shape index (κ1) is 10.1. The molecule has 0 atom stereocenters. The van der Waals surface area contributed by atoms with Crippen LogP contribution in [0.4, 0.5) is 0 Å². The predicted molar refractivity (Wildman–Crippen MR) is 62.6 cm³/mol. The number of hydrogen-bond acceptors (Lipinski definition) is 2. The summed E-state index contributed by atoms with van der Waals surface area (Å²) in [5.74, 6) is 0. The number of halogens is 1. The monoisotopic (exact) mass is 264 g/mol. The van der Waals surface area contributed by atoms with Crippen LogP contribution in [0.5, 0.6) is 0 Å². The number of aromatic nitrogens is 2. The Morgan fingerprint density at radius 3 is 2.93 bits per heavy atom. The van der Waals surface area contributed by atoms with Crippen LogP contribution in [0.3, 0.4) is 0 Å². The second kappa shape index (κ2) is 3.98. The molecule has 0 aliphatic rings. The number of hydrogen-bond donors (Lipinski definition) is 0. The zero-order valence-electron chi connectivity index (χ0n) is 8.14. The van der Waals surface area contributed by atoms with Crippen molar-refractivity contribution in [3.8, 4) is 11.1 Å². The molecule has 0 saturated heterocycles. The molecule has 0 aromatic carbocycles. The van der Waals surface area contributed by atoms with Crippen LogP contribution in [-0.2, 0) is 7.05 Å². The molecule has 2 heterocycles. The third-order valence-electron chi connectivity index (χ3n) is 2.15. The normalized spacial score (nSPS) is 10.3. The highest BCUT2D eigenvalue weighted by atomic mass is 79.9. The molecular weight excluding hydrogens is 256 g/mol. The second-order valence-corrected chi connectivity index (χ2v) is 4.08. The maximum absolute atomic E-state index is 11.3. The average Bonchev–Trinajstić information content (AvgIpc) is 2.25. The summed E-state index contributed by atoms with van der Waals surface area (Å²) < 4.78 is 2.34. The van der Waals surface area contributed by atoms with Crippen LogP contribution in [0.15, 0.2) is 46.1 Å². The fraction of sp³-hybridized carbons (Fsp3) is 0.0909. The summed E-state index contributed by atoms with van der Waals surface area (Å²) in [5, 5.41) is 0. The van der Waals surface area contributed by atoms with Crippen molar-refractivity contribution in [2.45, 2.75) is 0 Å². The molecule has 2 aromatic rings. The molecule has 76 valence electrons. The topological polar surface area (TPSA) is 34.9 Å². The lowest BCUT2D eigenvalue weighted by Crippen LogP contribution is -2.14. The Morgan fingerprint density at radius 1 is 1.47 bits per heavy atom. The van der Waals surface area contributed by atoms with E-state index in [9.17, 15) is 4.79 Å². The van der Waals surface area contributed by atoms with Gasteiger partial charge in [-0.2, -0.15) is 0 Å². The summed E-state index contributed by atoms with van der Waals surface area (Å²) in [7, 11) is 1.73. The third kappa shape index (κ3) is 1.99. The van der Waals surface area contributed by atoms with Crippen LogP contribution >= 0.6 is 15.9 Å². The molecule has 2 rings (SSSR count). The Hall–Kier alpha value is -1.42. The van der Waals surface area contributed by atoms with E-state index in [1.807, 2.05) is 12.1 Å². The second-order valence-electron chi connectivity index (χ2n) is 3.23. The van der Waals surface area contributed by atoms with Gasteiger partial charge in [-0.3, -0.25) is 9.78 Å². The quantitative estimate of drug-likeness (QED) is 0.792. The molecular formula is C11H9BrN2O. The molecule has 0 spiro atoms. The largest absolute Gasteiger partial charge is 0.318 e. The van der Waals surface area contributed by atoms with Gasteiger partial charge >= 0.3 is 0 Å². The zero-order chi connectivity index (χ0) is 10.8. The molecule has 15 heavy (non-hydrogen) atoms. The van der Waals surface area contributed by atoms with E-state index in [4.69, 9.17) is 0 Å². The van der Waals surface area contributed by atoms with Crippen molar-refractivity contribution < 1.29 is 0 Å². The summed E-state index contributed by atoms with van der Waals surface area (Å²) in [4.78, 5) is 15.4. The maximum atomic E-state index is 11.3. The summed E-state index contributed by atoms with van der Waals surface area (Å²) in [6, 6.07) is 5.38. The van der Waals surface area contributed by atoms with Crippen molar-refractivity contribution in [2.75, 3.05) is 0 Å². The molecule has 0 N–H and O–H groups in total. The lowest BCUT2D eigenvalue weighted by atomic mass is 10.1. The van der Waals surface area contributed by atoms with Gasteiger partial charge in [0.05, 0.1) is 0 Å². The molecule has 0 fully saturated rings. The van der Waals surface area contributed by atoms with E-state index in [0.717, 1.165) is 15.6 Å². The highest BCUT2D eigenvalue weighted by Gasteiger charge is 2.04. The van der Waals surface area contributed by atoms with Gasteiger partial charge in [0.2, 0.25) is 0 Å². The Bertz CT molecular complexity index is 534. The Kier molecular flexibility index (Phi) is 2.68. The van der Waals surface area contributed by atoms with Gasteiger partial charge in [-0.05, 0) is 22.0 Å². The third-order valence-corrected chi connectivity index (χ3v) is 2.81. The van der Waals surface area contributed by atoms with Gasteiger partial charge < -0.3 is 4.57 Å². The van der Waals surface area contributed by atoms with E-state index in [-0.39, 0.29) is 5.56 Å². The van der Waals surface area contributed by atoms with E-state index in [1.165, 1.54) is 0 Å². The SMILES string of the molecule is Cn1cc(-c2cccnc2)c(Br)cc1=O. The number of aryl methyl sites for hydroxylation is 1. The average molecular weight is 265 g/mol. The summed E-state index contributed by atoms with van der Waals surface area (Å²) >= 11 is 3.38. The van der Waals surface area contributed by atoms with Gasteiger partial charge in [0.15, 0.2) is 0 Å². The fourth-order valence-electron chi connectivity index (χ4n) is 1.34. The highest BCUT2D eigenvalue weighted by Crippen LogP contribution is 2.25. The van der Waals surface area contributed by atoms with Gasteiger partial charge in [-0.1, -0.05) is 6.07 Å². The van der Waals surface area contributed by atoms with Crippen molar-refractivity contribution in [2.24, 2.45) is 7.05 Å². The van der Waals surface area contributed by atoms with E-state index < -0.39 is 0 Å². The number of nitrogens with zero attached hydrogens (tertiary/aromatic N) is 2. The van der Waals surface area contributed by atoms with E-state index in [0.29, 0.717) is 0 Å². The van der Waals surface area contributed by atoms with Crippen molar-refractivity contribution in [3.05, 3.63) is 51.6 Å². The molecule has 0 bridgehead atoms. The summed E-state index contributed by atoms with van der Waals surface area (Å²) in [6.07, 6.45) is 5.29. The van der Waals surface area contributed by atoms with Crippen molar-refractivity contribution in [3.63, 3.8) is 0 Å². The minimum Gasteiger partial charge on any atom is -0.318 e. The van der Waals surface area contributed by atoms with Gasteiger partial charge in [0.25, 0.3) is 5.56 Å². The lowest BCUT2D eigenvalue weighted by molar-refractivity contribution is 0.860. The van der Waals surface area contributed by atoms with Crippen LogP contribution in [0.25, 0.3) is 11.1 Å². The standard InChI is InChI=1S/C11H9BrN2O/c1-14-7-9(10(12)5-11(14)15)8-3-2-4-13-6-8/h2-7H,1H3. The minimum atomic E-state index is -0.0329. The Balaban J connectivity index is 2.64. The van der Waals surface area contributed by atoms with Crippen LogP contribution < -0.4 is 5.56 Å². The fourth-order valence-corrected chi connectivity index (χ4v) is 1.87. The van der Waals surface area contributed by atoms with Crippen molar-refractivity contribution in [1.29, 1.82) is 0 Å². The van der Waals surface area contributed by atoms with Crippen LogP contribution in [0.1, 0.15) is 0 Å². The molecule has 0 radical (unpaired) electrons. The zero-order valence-corrected chi connectivity index (χ0v) is 9.73. The molecule has 4 heteroatoms. The van der Waals surface area contributed by atoms with Crippen molar-refractivity contribution >= 4 is 15.9 Å². The van der Waals surface area contributed by atoms with Crippen LogP contribution in [0, 0.1) is 0 Å². The first-order chi connectivity index (χ1) is 7.18. The van der Waals surface area contributed by atoms with Gasteiger partial charge in [0.1, 0.15) is 0 Å². The Morgan fingerprint density at radius 2 is 2.27 bits per heavy atom. The highest BCUT2D eigenvalue weighted by molar-refractivity contribution is 9.10. The molecule has 2 aromatic heterocycles. The molecule has 0 saturated carbocycles. The van der Waals surface area contributed by atoms with E-state index >= 15 is 0 Å². The number of rotatable bonds is 1. The maximum Gasteiger partial charge on any atom is 0.251 e. The molecule has 0 aliphatic carbocycles. The van der Waals surface area contributed by atoms with Crippen LogP contribution in [0.2, 0.25) is 0 Å². The van der Waals surface area contributed by atoms with Gasteiger partial charge in [-0.15, -0.1) is 0 Å². The lowest BCUT2D eigenvalue weighted by Gasteiger charge is -2.05. The molecule has 0 amide bonds. The summed E-state index contributed by atoms with van der Waals surface area (Å²) in [5.41, 5.74) is 1.92. The minimum absolute atomic E-state index is 0.0329. The predicted octanol–water partition coefficient (Wildman–Crippen LogP) is 2.21. The van der Waals surface area contributed by atoms with Crippen LogP contribution in [-0.4, -0.2) is 9.55 Å². The Labute approximate surface area is 95.5 Å². The first-order valence-corrected chi connectivity index (χ1v) is 5.24. The number of pyridine rings is 2. The van der Waals surface area contributed by atoms with Gasteiger partial charge in [0, 0.05) is 47.3 Å². The van der Waals surface area contributed by atoms with E-state index in [1.54, 1.807) is 36.3 Å². The molecule has 0 unspecified atom stereocenters. The van der Waals surface area contributed by atoms with Gasteiger partial charge in [-0.25, -0.2) is 0 Å². The molecule has 3 nitrogen and oxygen atoms in total. The first-order valence-electron chi connectivity index (χ1n) is 4.45. The van der Waals surface area contributed by atoms with E-state index in [2.05, 4.69) is 20.9 Å². The smallest absolute Gasteiger partial charge is 0.251 e.